The molecule has 0 atom stereocenters. The van der Waals surface area contributed by atoms with Crippen molar-refractivity contribution in [2.45, 2.75) is 64.0 Å². The molecule has 1 amide bonds. The molecule has 1 saturated heterocycles. The normalized spacial score (nSPS) is 27.7. The van der Waals surface area contributed by atoms with Gasteiger partial charge < -0.3 is 15.8 Å². The van der Waals surface area contributed by atoms with Gasteiger partial charge in [-0.3, -0.25) is 4.79 Å². The average molecular weight is 254 g/mol. The summed E-state index contributed by atoms with van der Waals surface area (Å²) in [5.74, 6) is 0.0236. The molecular weight excluding hydrogens is 228 g/mol. The molecule has 18 heavy (non-hydrogen) atoms. The molecular formula is C14H26N2O2. The topological polar surface area (TPSA) is 64.4 Å². The van der Waals surface area contributed by atoms with Crippen molar-refractivity contribution in [1.29, 1.82) is 0 Å². The Labute approximate surface area is 110 Å². The van der Waals surface area contributed by atoms with E-state index in [4.69, 9.17) is 10.5 Å². The summed E-state index contributed by atoms with van der Waals surface area (Å²) in [6, 6.07) is 0.314. The first kappa shape index (κ1) is 13.8. The SMILES string of the molecule is CC1(C)CCC(NC(=O)C2(N)CCOCC2)CC1. The number of hydrogen-bond acceptors (Lipinski definition) is 3. The number of hydrogen-bond donors (Lipinski definition) is 2. The zero-order valence-electron chi connectivity index (χ0n) is 11.6. The molecule has 0 aromatic heterocycles. The number of carbonyl (C=O) groups excluding carboxylic acids is 1. The first-order valence-electron chi connectivity index (χ1n) is 7.09. The molecule has 0 aromatic carbocycles. The third-order valence-electron chi connectivity index (χ3n) is 4.51. The molecule has 2 aliphatic rings. The zero-order valence-corrected chi connectivity index (χ0v) is 11.6. The van der Waals surface area contributed by atoms with Crippen LogP contribution in [0.3, 0.4) is 0 Å². The van der Waals surface area contributed by atoms with Crippen LogP contribution in [-0.2, 0) is 9.53 Å². The Hall–Kier alpha value is -0.610. The molecule has 1 aliphatic carbocycles. The fourth-order valence-electron chi connectivity index (χ4n) is 2.84. The van der Waals surface area contributed by atoms with Gasteiger partial charge in [-0.2, -0.15) is 0 Å². The summed E-state index contributed by atoms with van der Waals surface area (Å²) in [6.45, 7) is 5.80. The van der Waals surface area contributed by atoms with E-state index in [0.29, 0.717) is 37.5 Å². The Bertz CT molecular complexity index is 299. The minimum Gasteiger partial charge on any atom is -0.381 e. The van der Waals surface area contributed by atoms with Crippen LogP contribution in [0.4, 0.5) is 0 Å². The van der Waals surface area contributed by atoms with Gasteiger partial charge in [-0.15, -0.1) is 0 Å². The summed E-state index contributed by atoms with van der Waals surface area (Å²) in [7, 11) is 0. The number of amides is 1. The predicted molar refractivity (Wildman–Crippen MR) is 71.2 cm³/mol. The molecule has 2 rings (SSSR count). The van der Waals surface area contributed by atoms with Crippen molar-refractivity contribution in [2.75, 3.05) is 13.2 Å². The Kier molecular flexibility index (Phi) is 3.97. The first-order chi connectivity index (χ1) is 8.41. The molecule has 4 heteroatoms. The van der Waals surface area contributed by atoms with E-state index in [1.54, 1.807) is 0 Å². The highest BCUT2D eigenvalue weighted by atomic mass is 16.5. The minimum atomic E-state index is -0.703. The van der Waals surface area contributed by atoms with Crippen LogP contribution in [0.5, 0.6) is 0 Å². The molecule has 0 unspecified atom stereocenters. The highest BCUT2D eigenvalue weighted by Crippen LogP contribution is 2.35. The lowest BCUT2D eigenvalue weighted by atomic mass is 9.75. The summed E-state index contributed by atoms with van der Waals surface area (Å²) in [4.78, 5) is 12.3. The number of carbonyl (C=O) groups is 1. The lowest BCUT2D eigenvalue weighted by molar-refractivity contribution is -0.130. The lowest BCUT2D eigenvalue weighted by Crippen LogP contribution is -2.59. The van der Waals surface area contributed by atoms with Crippen molar-refractivity contribution in [2.24, 2.45) is 11.1 Å². The van der Waals surface area contributed by atoms with Gasteiger partial charge in [0, 0.05) is 19.3 Å². The Morgan fingerprint density at radius 1 is 1.17 bits per heavy atom. The lowest BCUT2D eigenvalue weighted by Gasteiger charge is -2.37. The minimum absolute atomic E-state index is 0.0236. The van der Waals surface area contributed by atoms with Gasteiger partial charge in [0.1, 0.15) is 0 Å². The van der Waals surface area contributed by atoms with Crippen molar-refractivity contribution in [3.05, 3.63) is 0 Å². The van der Waals surface area contributed by atoms with Crippen molar-refractivity contribution in [3.63, 3.8) is 0 Å². The van der Waals surface area contributed by atoms with Gasteiger partial charge in [0.25, 0.3) is 0 Å². The summed E-state index contributed by atoms with van der Waals surface area (Å²) in [5, 5.41) is 3.15. The second-order valence-electron chi connectivity index (χ2n) is 6.68. The van der Waals surface area contributed by atoms with Crippen LogP contribution in [0.15, 0.2) is 0 Å². The second-order valence-corrected chi connectivity index (χ2v) is 6.68. The van der Waals surface area contributed by atoms with Crippen LogP contribution >= 0.6 is 0 Å². The van der Waals surface area contributed by atoms with Crippen LogP contribution in [0.1, 0.15) is 52.4 Å². The third-order valence-corrected chi connectivity index (χ3v) is 4.51. The van der Waals surface area contributed by atoms with Crippen LogP contribution < -0.4 is 11.1 Å². The van der Waals surface area contributed by atoms with E-state index in [9.17, 15) is 4.79 Å². The molecule has 0 bridgehead atoms. The molecule has 104 valence electrons. The van der Waals surface area contributed by atoms with Gasteiger partial charge in [0.05, 0.1) is 5.54 Å². The predicted octanol–water partition coefficient (Wildman–Crippen LogP) is 1.58. The Morgan fingerprint density at radius 2 is 1.72 bits per heavy atom. The molecule has 1 aliphatic heterocycles. The molecule has 1 heterocycles. The third kappa shape index (κ3) is 3.23. The Morgan fingerprint density at radius 3 is 2.28 bits per heavy atom. The van der Waals surface area contributed by atoms with E-state index >= 15 is 0 Å². The van der Waals surface area contributed by atoms with Crippen molar-refractivity contribution in [1.82, 2.24) is 5.32 Å². The van der Waals surface area contributed by atoms with Crippen molar-refractivity contribution >= 4 is 5.91 Å². The average Bonchev–Trinajstić information content (AvgIpc) is 2.33. The van der Waals surface area contributed by atoms with E-state index in [2.05, 4.69) is 19.2 Å². The molecule has 0 aromatic rings. The molecule has 0 radical (unpaired) electrons. The molecule has 4 nitrogen and oxygen atoms in total. The molecule has 0 spiro atoms. The van der Waals surface area contributed by atoms with E-state index in [1.807, 2.05) is 0 Å². The Balaban J connectivity index is 1.84. The van der Waals surface area contributed by atoms with Crippen LogP contribution in [0.25, 0.3) is 0 Å². The van der Waals surface area contributed by atoms with Crippen molar-refractivity contribution in [3.8, 4) is 0 Å². The van der Waals surface area contributed by atoms with Gasteiger partial charge in [0.2, 0.25) is 5.91 Å². The van der Waals surface area contributed by atoms with Crippen LogP contribution in [0, 0.1) is 5.41 Å². The summed E-state index contributed by atoms with van der Waals surface area (Å²) >= 11 is 0. The first-order valence-corrected chi connectivity index (χ1v) is 7.09. The van der Waals surface area contributed by atoms with Gasteiger partial charge in [-0.1, -0.05) is 13.8 Å². The fourth-order valence-corrected chi connectivity index (χ4v) is 2.84. The fraction of sp³-hybridized carbons (Fsp3) is 0.929. The van der Waals surface area contributed by atoms with Gasteiger partial charge in [0.15, 0.2) is 0 Å². The van der Waals surface area contributed by atoms with Gasteiger partial charge in [-0.25, -0.2) is 0 Å². The number of ether oxygens (including phenoxy) is 1. The maximum Gasteiger partial charge on any atom is 0.240 e. The zero-order chi connectivity index (χ0) is 13.2. The largest absolute Gasteiger partial charge is 0.381 e. The highest BCUT2D eigenvalue weighted by Gasteiger charge is 2.37. The monoisotopic (exact) mass is 254 g/mol. The summed E-state index contributed by atoms with van der Waals surface area (Å²) in [6.07, 6.45) is 5.78. The summed E-state index contributed by atoms with van der Waals surface area (Å²) < 4.78 is 5.27. The van der Waals surface area contributed by atoms with Gasteiger partial charge >= 0.3 is 0 Å². The van der Waals surface area contributed by atoms with Crippen molar-refractivity contribution < 1.29 is 9.53 Å². The molecule has 1 saturated carbocycles. The van der Waals surface area contributed by atoms with E-state index < -0.39 is 5.54 Å². The number of rotatable bonds is 2. The molecule has 2 fully saturated rings. The quantitative estimate of drug-likeness (QED) is 0.786. The van der Waals surface area contributed by atoms with Gasteiger partial charge in [-0.05, 0) is 43.9 Å². The highest BCUT2D eigenvalue weighted by molar-refractivity contribution is 5.86. The number of nitrogens with one attached hydrogen (secondary N) is 1. The van der Waals surface area contributed by atoms with E-state index in [0.717, 1.165) is 12.8 Å². The summed E-state index contributed by atoms with van der Waals surface area (Å²) in [5.41, 5.74) is 5.91. The van der Waals surface area contributed by atoms with Crippen LogP contribution in [-0.4, -0.2) is 30.7 Å². The van der Waals surface area contributed by atoms with Crippen LogP contribution in [0.2, 0.25) is 0 Å². The number of nitrogens with two attached hydrogens (primary N) is 1. The van der Waals surface area contributed by atoms with E-state index in [-0.39, 0.29) is 5.91 Å². The second kappa shape index (κ2) is 5.17. The maximum atomic E-state index is 12.3. The standard InChI is InChI=1S/C14H26N2O2/c1-13(2)5-3-11(4-6-13)16-12(17)14(15)7-9-18-10-8-14/h11H,3-10,15H2,1-2H3,(H,16,17). The maximum absolute atomic E-state index is 12.3. The smallest absolute Gasteiger partial charge is 0.240 e. The van der Waals surface area contributed by atoms with E-state index in [1.165, 1.54) is 12.8 Å². The molecule has 3 N–H and O–H groups in total.